The Morgan fingerprint density at radius 2 is 2.00 bits per heavy atom. The highest BCUT2D eigenvalue weighted by Gasteiger charge is 2.12. The maximum atomic E-state index is 12.2. The van der Waals surface area contributed by atoms with Crippen LogP contribution >= 0.6 is 50.1 Å². The number of carbonyl (C=O) groups excluding carboxylic acids is 1. The Balaban J connectivity index is 2.28. The van der Waals surface area contributed by atoms with E-state index in [0.717, 1.165) is 19.3 Å². The van der Waals surface area contributed by atoms with Crippen molar-refractivity contribution >= 4 is 61.7 Å². The fourth-order valence-electron chi connectivity index (χ4n) is 1.63. The molecule has 0 aliphatic heterocycles. The first-order chi connectivity index (χ1) is 8.97. The molecule has 2 nitrogen and oxygen atoms in total. The third kappa shape index (κ3) is 3.70. The molecule has 0 aliphatic rings. The van der Waals surface area contributed by atoms with Crippen molar-refractivity contribution in [2.75, 3.05) is 5.32 Å². The minimum absolute atomic E-state index is 0.200. The molecule has 2 aromatic rings. The highest BCUT2D eigenvalue weighted by Crippen LogP contribution is 2.23. The van der Waals surface area contributed by atoms with Gasteiger partial charge in [-0.25, -0.2) is 0 Å². The van der Waals surface area contributed by atoms with E-state index in [-0.39, 0.29) is 5.91 Å². The van der Waals surface area contributed by atoms with Gasteiger partial charge in [-0.2, -0.15) is 0 Å². The van der Waals surface area contributed by atoms with E-state index in [1.165, 1.54) is 0 Å². The van der Waals surface area contributed by atoms with Gasteiger partial charge in [0.1, 0.15) is 0 Å². The van der Waals surface area contributed by atoms with Crippen LogP contribution < -0.4 is 5.32 Å². The lowest BCUT2D eigenvalue weighted by Gasteiger charge is -2.10. The number of hydrogen-bond donors (Lipinski definition) is 1. The first kappa shape index (κ1) is 14.8. The van der Waals surface area contributed by atoms with E-state index in [1.807, 2.05) is 31.2 Å². The van der Waals surface area contributed by atoms with E-state index < -0.39 is 0 Å². The van der Waals surface area contributed by atoms with Crippen LogP contribution in [0.2, 0.25) is 5.02 Å². The average Bonchev–Trinajstić information content (AvgIpc) is 2.35. The molecule has 0 fully saturated rings. The van der Waals surface area contributed by atoms with Gasteiger partial charge >= 0.3 is 0 Å². The fourth-order valence-corrected chi connectivity index (χ4v) is 2.80. The topological polar surface area (TPSA) is 29.1 Å². The van der Waals surface area contributed by atoms with Crippen molar-refractivity contribution in [3.05, 3.63) is 60.6 Å². The Morgan fingerprint density at radius 3 is 2.68 bits per heavy atom. The molecule has 0 heterocycles. The van der Waals surface area contributed by atoms with Crippen LogP contribution in [0.3, 0.4) is 0 Å². The third-order valence-corrected chi connectivity index (χ3v) is 4.10. The zero-order valence-electron chi connectivity index (χ0n) is 10.0. The maximum absolute atomic E-state index is 12.2. The van der Waals surface area contributed by atoms with Crippen molar-refractivity contribution in [1.82, 2.24) is 0 Å². The summed E-state index contributed by atoms with van der Waals surface area (Å²) < 4.78 is 1.95. The van der Waals surface area contributed by atoms with Gasteiger partial charge in [0.15, 0.2) is 0 Å². The van der Waals surface area contributed by atoms with Crippen LogP contribution in [0.25, 0.3) is 0 Å². The number of halogens is 3. The van der Waals surface area contributed by atoms with Gasteiger partial charge in [0.25, 0.3) is 5.91 Å². The molecule has 0 aromatic heterocycles. The summed E-state index contributed by atoms with van der Waals surface area (Å²) in [6.07, 6.45) is 0. The number of nitrogens with one attached hydrogen (secondary N) is 1. The third-order valence-electron chi connectivity index (χ3n) is 2.61. The van der Waals surface area contributed by atoms with Crippen LogP contribution in [0, 0.1) is 10.5 Å². The molecule has 0 unspecified atom stereocenters. The van der Waals surface area contributed by atoms with Gasteiger partial charge in [0, 0.05) is 13.7 Å². The summed E-state index contributed by atoms with van der Waals surface area (Å²) in [6, 6.07) is 11.1. The maximum Gasteiger partial charge on any atom is 0.257 e. The summed E-state index contributed by atoms with van der Waals surface area (Å²) in [5.41, 5.74) is 2.25. The predicted octanol–water partition coefficient (Wildman–Crippen LogP) is 5.27. The van der Waals surface area contributed by atoms with Crippen molar-refractivity contribution in [3.8, 4) is 0 Å². The molecule has 0 aliphatic carbocycles. The molecular weight excluding hydrogens is 440 g/mol. The summed E-state index contributed by atoms with van der Waals surface area (Å²) in [7, 11) is 0. The molecule has 1 amide bonds. The lowest BCUT2D eigenvalue weighted by Crippen LogP contribution is -2.13. The normalized spacial score (nSPS) is 10.3. The van der Waals surface area contributed by atoms with Crippen molar-refractivity contribution in [2.24, 2.45) is 0 Å². The molecule has 5 heteroatoms. The van der Waals surface area contributed by atoms with E-state index in [2.05, 4.69) is 43.8 Å². The molecule has 2 aromatic carbocycles. The number of hydrogen-bond acceptors (Lipinski definition) is 1. The minimum atomic E-state index is -0.200. The number of amides is 1. The summed E-state index contributed by atoms with van der Waals surface area (Å²) in [4.78, 5) is 12.2. The molecule has 0 spiro atoms. The van der Waals surface area contributed by atoms with E-state index in [9.17, 15) is 4.79 Å². The second-order valence-electron chi connectivity index (χ2n) is 4.04. The largest absolute Gasteiger partial charge is 0.322 e. The van der Waals surface area contributed by atoms with Gasteiger partial charge in [-0.1, -0.05) is 27.5 Å². The summed E-state index contributed by atoms with van der Waals surface area (Å²) in [6.45, 7) is 1.94. The van der Waals surface area contributed by atoms with Gasteiger partial charge in [-0.15, -0.1) is 0 Å². The zero-order valence-corrected chi connectivity index (χ0v) is 14.5. The second kappa shape index (κ2) is 6.24. The quantitative estimate of drug-likeness (QED) is 0.621. The van der Waals surface area contributed by atoms with E-state index in [1.54, 1.807) is 12.1 Å². The lowest BCUT2D eigenvalue weighted by molar-refractivity contribution is 0.102. The van der Waals surface area contributed by atoms with Gasteiger partial charge in [0.2, 0.25) is 0 Å². The van der Waals surface area contributed by atoms with Crippen molar-refractivity contribution < 1.29 is 4.79 Å². The number of anilines is 1. The molecular formula is C14H10BrClINO. The molecule has 0 saturated carbocycles. The van der Waals surface area contributed by atoms with Gasteiger partial charge in [-0.3, -0.25) is 4.79 Å². The van der Waals surface area contributed by atoms with Gasteiger partial charge in [-0.05, 0) is 71.5 Å². The predicted molar refractivity (Wildman–Crippen MR) is 91.0 cm³/mol. The Hall–Kier alpha value is -0.590. The molecule has 0 atom stereocenters. The van der Waals surface area contributed by atoms with Crippen LogP contribution in [0.4, 0.5) is 5.69 Å². The first-order valence-electron chi connectivity index (χ1n) is 5.50. The average molecular weight is 451 g/mol. The Bertz CT molecular complexity index is 645. The smallest absolute Gasteiger partial charge is 0.257 e. The first-order valence-corrected chi connectivity index (χ1v) is 7.75. The van der Waals surface area contributed by atoms with E-state index in [0.29, 0.717) is 10.6 Å². The molecule has 0 radical (unpaired) electrons. The number of rotatable bonds is 2. The Kier molecular flexibility index (Phi) is 4.86. The van der Waals surface area contributed by atoms with E-state index >= 15 is 0 Å². The molecule has 19 heavy (non-hydrogen) atoms. The van der Waals surface area contributed by atoms with Crippen LogP contribution in [0.15, 0.2) is 40.9 Å². The number of carbonyl (C=O) groups is 1. The monoisotopic (exact) mass is 449 g/mol. The van der Waals surface area contributed by atoms with Crippen molar-refractivity contribution in [3.63, 3.8) is 0 Å². The molecule has 0 saturated heterocycles. The van der Waals surface area contributed by atoms with Crippen molar-refractivity contribution in [1.29, 1.82) is 0 Å². The SMILES string of the molecule is Cc1cc(Br)ccc1NC(=O)c1cc(I)ccc1Cl. The standard InChI is InChI=1S/C14H10BrClINO/c1-8-6-9(15)2-5-13(8)18-14(19)11-7-10(17)3-4-12(11)16/h2-7H,1H3,(H,18,19). The van der Waals surface area contributed by atoms with E-state index in [4.69, 9.17) is 11.6 Å². The number of benzene rings is 2. The number of aryl methyl sites for hydroxylation is 1. The molecule has 2 rings (SSSR count). The van der Waals surface area contributed by atoms with Crippen LogP contribution in [0.5, 0.6) is 0 Å². The minimum Gasteiger partial charge on any atom is -0.322 e. The Labute approximate surface area is 138 Å². The summed E-state index contributed by atoms with van der Waals surface area (Å²) in [5.74, 6) is -0.200. The van der Waals surface area contributed by atoms with Crippen molar-refractivity contribution in [2.45, 2.75) is 6.92 Å². The zero-order chi connectivity index (χ0) is 14.0. The van der Waals surface area contributed by atoms with Gasteiger partial charge < -0.3 is 5.32 Å². The molecule has 1 N–H and O–H groups in total. The van der Waals surface area contributed by atoms with Crippen LogP contribution in [-0.2, 0) is 0 Å². The van der Waals surface area contributed by atoms with Crippen LogP contribution in [-0.4, -0.2) is 5.91 Å². The molecule has 98 valence electrons. The second-order valence-corrected chi connectivity index (χ2v) is 6.61. The van der Waals surface area contributed by atoms with Crippen LogP contribution in [0.1, 0.15) is 15.9 Å². The highest BCUT2D eigenvalue weighted by atomic mass is 127. The summed E-state index contributed by atoms with van der Waals surface area (Å²) >= 11 is 11.6. The lowest BCUT2D eigenvalue weighted by atomic mass is 10.1. The highest BCUT2D eigenvalue weighted by molar-refractivity contribution is 14.1. The summed E-state index contributed by atoms with van der Waals surface area (Å²) in [5, 5.41) is 3.33. The van der Waals surface area contributed by atoms with Gasteiger partial charge in [0.05, 0.1) is 10.6 Å². The molecule has 0 bridgehead atoms. The Morgan fingerprint density at radius 1 is 1.26 bits per heavy atom. The fraction of sp³-hybridized carbons (Fsp3) is 0.0714.